The molecule has 2 aromatic rings. The number of fused-ring (bicyclic) bond motifs is 1. The van der Waals surface area contributed by atoms with Gasteiger partial charge in [-0.05, 0) is 56.0 Å². The molecule has 0 bridgehead atoms. The van der Waals surface area contributed by atoms with E-state index in [4.69, 9.17) is 0 Å². The number of aromatic nitrogens is 1. The second kappa shape index (κ2) is 6.76. The third-order valence-electron chi connectivity index (χ3n) is 5.20. The zero-order valence-corrected chi connectivity index (χ0v) is 14.0. The minimum absolute atomic E-state index is 0.157. The first kappa shape index (κ1) is 16.0. The zero-order valence-electron chi connectivity index (χ0n) is 14.0. The summed E-state index contributed by atoms with van der Waals surface area (Å²) in [4.78, 5) is 30.6. The maximum atomic E-state index is 12.4. The van der Waals surface area contributed by atoms with E-state index in [1.165, 1.54) is 4.90 Å². The Bertz CT molecular complexity index is 748. The highest BCUT2D eigenvalue weighted by atomic mass is 16.2. The molecule has 0 radical (unpaired) electrons. The first-order chi connectivity index (χ1) is 12.2. The normalized spacial score (nSPS) is 23.0. The molecule has 128 valence electrons. The molecule has 2 aliphatic heterocycles. The molecule has 2 atom stereocenters. The Morgan fingerprint density at radius 1 is 1.00 bits per heavy atom. The highest BCUT2D eigenvalue weighted by Gasteiger charge is 2.35. The molecule has 1 saturated heterocycles. The first-order valence-corrected chi connectivity index (χ1v) is 8.83. The van der Waals surface area contributed by atoms with Crippen LogP contribution in [0.15, 0.2) is 48.7 Å². The van der Waals surface area contributed by atoms with Crippen LogP contribution in [-0.4, -0.2) is 34.8 Å². The minimum atomic E-state index is -0.157. The number of carbonyl (C=O) groups is 2. The van der Waals surface area contributed by atoms with Crippen molar-refractivity contribution in [3.05, 3.63) is 65.5 Å². The fourth-order valence-electron chi connectivity index (χ4n) is 3.75. The van der Waals surface area contributed by atoms with Crippen molar-refractivity contribution in [1.29, 1.82) is 0 Å². The lowest BCUT2D eigenvalue weighted by Gasteiger charge is -2.30. The first-order valence-electron chi connectivity index (χ1n) is 8.83. The summed E-state index contributed by atoms with van der Waals surface area (Å²) in [6.45, 7) is 1.39. The van der Waals surface area contributed by atoms with E-state index in [1.807, 2.05) is 18.3 Å². The number of nitrogens with zero attached hydrogens (tertiary/aromatic N) is 2. The van der Waals surface area contributed by atoms with Gasteiger partial charge in [0.15, 0.2) is 0 Å². The largest absolute Gasteiger partial charge is 0.308 e. The third kappa shape index (κ3) is 3.07. The van der Waals surface area contributed by atoms with Crippen molar-refractivity contribution >= 4 is 11.8 Å². The van der Waals surface area contributed by atoms with Gasteiger partial charge in [0, 0.05) is 18.8 Å². The molecule has 25 heavy (non-hydrogen) atoms. The summed E-state index contributed by atoms with van der Waals surface area (Å²) in [5.74, 6) is 0.163. The third-order valence-corrected chi connectivity index (χ3v) is 5.20. The molecule has 2 unspecified atom stereocenters. The summed E-state index contributed by atoms with van der Waals surface area (Å²) in [6, 6.07) is 13.4. The molecule has 1 aromatic carbocycles. The Labute approximate surface area is 147 Å². The molecule has 0 spiro atoms. The van der Waals surface area contributed by atoms with E-state index in [-0.39, 0.29) is 11.8 Å². The summed E-state index contributed by atoms with van der Waals surface area (Å²) >= 11 is 0. The molecule has 1 N–H and O–H groups in total. The second-order valence-corrected chi connectivity index (χ2v) is 6.76. The van der Waals surface area contributed by atoms with Crippen molar-refractivity contribution in [2.75, 3.05) is 13.1 Å². The van der Waals surface area contributed by atoms with Crippen molar-refractivity contribution in [3.8, 4) is 0 Å². The average Bonchev–Trinajstić information content (AvgIpc) is 2.92. The molecule has 3 heterocycles. The van der Waals surface area contributed by atoms with E-state index < -0.39 is 0 Å². The highest BCUT2D eigenvalue weighted by Crippen LogP contribution is 2.28. The number of benzene rings is 1. The number of carbonyl (C=O) groups excluding carboxylic acids is 2. The van der Waals surface area contributed by atoms with Gasteiger partial charge in [-0.1, -0.05) is 18.2 Å². The van der Waals surface area contributed by atoms with Gasteiger partial charge in [-0.3, -0.25) is 19.5 Å². The smallest absolute Gasteiger partial charge is 0.261 e. The van der Waals surface area contributed by atoms with Crippen molar-refractivity contribution in [2.45, 2.75) is 25.3 Å². The number of piperidine rings is 1. The van der Waals surface area contributed by atoms with E-state index in [0.717, 1.165) is 31.5 Å². The topological polar surface area (TPSA) is 62.3 Å². The van der Waals surface area contributed by atoms with Gasteiger partial charge in [-0.25, -0.2) is 0 Å². The number of hydrogen-bond donors (Lipinski definition) is 1. The fourth-order valence-corrected chi connectivity index (χ4v) is 3.75. The van der Waals surface area contributed by atoms with Gasteiger partial charge in [0.1, 0.15) is 0 Å². The van der Waals surface area contributed by atoms with E-state index in [0.29, 0.717) is 29.6 Å². The SMILES string of the molecule is O=C1c2ccccc2C(=O)N1CCC1CCC(c2ccccn2)NC1. The zero-order chi connectivity index (χ0) is 17.2. The minimum Gasteiger partial charge on any atom is -0.308 e. The van der Waals surface area contributed by atoms with Crippen LogP contribution >= 0.6 is 0 Å². The van der Waals surface area contributed by atoms with Gasteiger partial charge < -0.3 is 5.32 Å². The second-order valence-electron chi connectivity index (χ2n) is 6.76. The van der Waals surface area contributed by atoms with Crippen molar-refractivity contribution in [1.82, 2.24) is 15.2 Å². The monoisotopic (exact) mass is 335 g/mol. The van der Waals surface area contributed by atoms with Gasteiger partial charge in [0.25, 0.3) is 11.8 Å². The molecule has 1 aromatic heterocycles. The summed E-state index contributed by atoms with van der Waals surface area (Å²) in [6.07, 6.45) is 4.78. The highest BCUT2D eigenvalue weighted by molar-refractivity contribution is 6.21. The molecule has 5 heteroatoms. The Kier molecular flexibility index (Phi) is 4.32. The van der Waals surface area contributed by atoms with Crippen molar-refractivity contribution < 1.29 is 9.59 Å². The average molecular weight is 335 g/mol. The predicted octanol–water partition coefficient (Wildman–Crippen LogP) is 2.81. The predicted molar refractivity (Wildman–Crippen MR) is 94.1 cm³/mol. The standard InChI is InChI=1S/C20H21N3O2/c24-19-15-5-1-2-6-16(15)20(25)23(19)12-10-14-8-9-18(22-13-14)17-7-3-4-11-21-17/h1-7,11,14,18,22H,8-10,12-13H2. The van der Waals surface area contributed by atoms with E-state index in [1.54, 1.807) is 24.3 Å². The van der Waals surface area contributed by atoms with Crippen LogP contribution in [0.1, 0.15) is 51.7 Å². The maximum Gasteiger partial charge on any atom is 0.261 e. The Balaban J connectivity index is 1.32. The molecule has 2 amide bonds. The van der Waals surface area contributed by atoms with Gasteiger partial charge in [0.2, 0.25) is 0 Å². The Morgan fingerprint density at radius 3 is 2.32 bits per heavy atom. The summed E-state index contributed by atoms with van der Waals surface area (Å²) < 4.78 is 0. The molecular weight excluding hydrogens is 314 g/mol. The molecule has 1 fully saturated rings. The summed E-state index contributed by atoms with van der Waals surface area (Å²) in [5.41, 5.74) is 2.15. The fraction of sp³-hybridized carbons (Fsp3) is 0.350. The molecule has 2 aliphatic rings. The summed E-state index contributed by atoms with van der Waals surface area (Å²) in [5, 5.41) is 3.55. The van der Waals surface area contributed by atoms with Crippen LogP contribution in [0.5, 0.6) is 0 Å². The lowest BCUT2D eigenvalue weighted by molar-refractivity contribution is 0.0642. The number of nitrogens with one attached hydrogen (secondary N) is 1. The molecule has 5 nitrogen and oxygen atoms in total. The lowest BCUT2D eigenvalue weighted by atomic mass is 9.90. The molecular formula is C20H21N3O2. The van der Waals surface area contributed by atoms with Crippen LogP contribution < -0.4 is 5.32 Å². The van der Waals surface area contributed by atoms with Gasteiger partial charge in [-0.15, -0.1) is 0 Å². The van der Waals surface area contributed by atoms with E-state index in [9.17, 15) is 9.59 Å². The van der Waals surface area contributed by atoms with Crippen LogP contribution in [0, 0.1) is 5.92 Å². The van der Waals surface area contributed by atoms with Crippen LogP contribution in [0.25, 0.3) is 0 Å². The van der Waals surface area contributed by atoms with Crippen LogP contribution in [0.3, 0.4) is 0 Å². The van der Waals surface area contributed by atoms with E-state index >= 15 is 0 Å². The number of amides is 2. The lowest BCUT2D eigenvalue weighted by Crippen LogP contribution is -2.37. The quantitative estimate of drug-likeness (QED) is 0.873. The Morgan fingerprint density at radius 2 is 1.72 bits per heavy atom. The number of imide groups is 1. The van der Waals surface area contributed by atoms with Crippen LogP contribution in [0.2, 0.25) is 0 Å². The van der Waals surface area contributed by atoms with Gasteiger partial charge in [-0.2, -0.15) is 0 Å². The Hall–Kier alpha value is -2.53. The van der Waals surface area contributed by atoms with Crippen molar-refractivity contribution in [2.24, 2.45) is 5.92 Å². The van der Waals surface area contributed by atoms with Crippen LogP contribution in [-0.2, 0) is 0 Å². The number of hydrogen-bond acceptors (Lipinski definition) is 4. The summed E-state index contributed by atoms with van der Waals surface area (Å²) in [7, 11) is 0. The maximum absolute atomic E-state index is 12.4. The molecule has 0 aliphatic carbocycles. The molecule has 4 rings (SSSR count). The van der Waals surface area contributed by atoms with Crippen LogP contribution in [0.4, 0.5) is 0 Å². The molecule has 0 saturated carbocycles. The van der Waals surface area contributed by atoms with Gasteiger partial charge >= 0.3 is 0 Å². The van der Waals surface area contributed by atoms with E-state index in [2.05, 4.69) is 16.4 Å². The van der Waals surface area contributed by atoms with Gasteiger partial charge in [0.05, 0.1) is 16.8 Å². The van der Waals surface area contributed by atoms with Crippen molar-refractivity contribution in [3.63, 3.8) is 0 Å². The number of pyridine rings is 1. The number of rotatable bonds is 4.